The van der Waals surface area contributed by atoms with Crippen LogP contribution in [0.15, 0.2) is 60.7 Å². The fourth-order valence-corrected chi connectivity index (χ4v) is 2.19. The van der Waals surface area contributed by atoms with Crippen LogP contribution >= 0.6 is 0 Å². The summed E-state index contributed by atoms with van der Waals surface area (Å²) in [5.41, 5.74) is 2.39. The summed E-state index contributed by atoms with van der Waals surface area (Å²) in [7, 11) is 0. The van der Waals surface area contributed by atoms with Crippen molar-refractivity contribution >= 4 is 17.3 Å². The van der Waals surface area contributed by atoms with Crippen molar-refractivity contribution in [2.45, 2.75) is 20.3 Å². The molecule has 2 N–H and O–H groups in total. The highest BCUT2D eigenvalue weighted by atomic mass is 16.5. The molecule has 0 saturated heterocycles. The zero-order chi connectivity index (χ0) is 18.8. The van der Waals surface area contributed by atoms with Gasteiger partial charge in [-0.1, -0.05) is 31.7 Å². The van der Waals surface area contributed by atoms with Crippen LogP contribution in [-0.2, 0) is 4.79 Å². The van der Waals surface area contributed by atoms with Crippen molar-refractivity contribution in [2.75, 3.05) is 30.4 Å². The Balaban J connectivity index is 1.90. The Morgan fingerprint density at radius 1 is 1.12 bits per heavy atom. The number of para-hydroxylation sites is 2. The largest absolute Gasteiger partial charge is 0.494 e. The molecule has 1 amide bonds. The predicted molar refractivity (Wildman–Crippen MR) is 106 cm³/mol. The molecule has 2 rings (SSSR count). The first-order valence-corrected chi connectivity index (χ1v) is 8.71. The Bertz CT molecular complexity index is 744. The maximum absolute atomic E-state index is 12.3. The van der Waals surface area contributed by atoms with Crippen LogP contribution in [0.1, 0.15) is 20.3 Å². The Labute approximate surface area is 155 Å². The molecular weight excluding hydrogens is 328 g/mol. The Kier molecular flexibility index (Phi) is 7.55. The van der Waals surface area contributed by atoms with E-state index in [2.05, 4.69) is 24.1 Å². The van der Waals surface area contributed by atoms with Crippen LogP contribution in [-0.4, -0.2) is 25.7 Å². The van der Waals surface area contributed by atoms with E-state index in [1.165, 1.54) is 0 Å². The Morgan fingerprint density at radius 2 is 1.92 bits per heavy atom. The molecule has 0 radical (unpaired) electrons. The van der Waals surface area contributed by atoms with Crippen molar-refractivity contribution in [3.8, 4) is 11.5 Å². The van der Waals surface area contributed by atoms with E-state index in [1.807, 2.05) is 55.5 Å². The number of carbonyl (C=O) groups excluding carboxylic acids is 1. The lowest BCUT2D eigenvalue weighted by atomic mass is 10.2. The summed E-state index contributed by atoms with van der Waals surface area (Å²) in [6.07, 6.45) is 0.951. The summed E-state index contributed by atoms with van der Waals surface area (Å²) in [4.78, 5) is 12.3. The van der Waals surface area contributed by atoms with Gasteiger partial charge in [-0.25, -0.2) is 0 Å². The highest BCUT2D eigenvalue weighted by molar-refractivity contribution is 5.95. The molecule has 0 fully saturated rings. The molecule has 0 aliphatic rings. The molecule has 2 aromatic carbocycles. The molecule has 0 atom stereocenters. The summed E-state index contributed by atoms with van der Waals surface area (Å²) in [5.74, 6) is 1.26. The van der Waals surface area contributed by atoms with Gasteiger partial charge in [-0.2, -0.15) is 0 Å². The minimum atomic E-state index is -0.156. The lowest BCUT2D eigenvalue weighted by Crippen LogP contribution is -2.22. The lowest BCUT2D eigenvalue weighted by Gasteiger charge is -2.13. The summed E-state index contributed by atoms with van der Waals surface area (Å²) in [5, 5.41) is 5.97. The molecule has 0 heterocycles. The average molecular weight is 354 g/mol. The monoisotopic (exact) mass is 354 g/mol. The van der Waals surface area contributed by atoms with Crippen molar-refractivity contribution in [1.29, 1.82) is 0 Å². The zero-order valence-electron chi connectivity index (χ0n) is 15.4. The van der Waals surface area contributed by atoms with Crippen molar-refractivity contribution < 1.29 is 14.3 Å². The van der Waals surface area contributed by atoms with Gasteiger partial charge in [0.1, 0.15) is 18.1 Å². The maximum atomic E-state index is 12.3. The van der Waals surface area contributed by atoms with E-state index in [4.69, 9.17) is 9.47 Å². The van der Waals surface area contributed by atoms with Gasteiger partial charge in [-0.15, -0.1) is 0 Å². The number of amides is 1. The van der Waals surface area contributed by atoms with Crippen LogP contribution in [0.5, 0.6) is 11.5 Å². The number of hydrogen-bond donors (Lipinski definition) is 2. The summed E-state index contributed by atoms with van der Waals surface area (Å²) < 4.78 is 11.3. The normalized spacial score (nSPS) is 10.1. The summed E-state index contributed by atoms with van der Waals surface area (Å²) in [6.45, 7) is 9.00. The van der Waals surface area contributed by atoms with Gasteiger partial charge in [0.25, 0.3) is 0 Å². The molecular formula is C21H26N2O3. The Morgan fingerprint density at radius 3 is 2.69 bits per heavy atom. The quantitative estimate of drug-likeness (QED) is 0.618. The second-order valence-corrected chi connectivity index (χ2v) is 6.02. The summed E-state index contributed by atoms with van der Waals surface area (Å²) in [6, 6.07) is 14.9. The second-order valence-electron chi connectivity index (χ2n) is 6.02. The molecule has 0 bridgehead atoms. The number of anilines is 2. The molecule has 0 saturated carbocycles. The zero-order valence-corrected chi connectivity index (χ0v) is 15.4. The van der Waals surface area contributed by atoms with Gasteiger partial charge in [-0.3, -0.25) is 4.79 Å². The fourth-order valence-electron chi connectivity index (χ4n) is 2.19. The first-order chi connectivity index (χ1) is 12.6. The van der Waals surface area contributed by atoms with E-state index in [0.29, 0.717) is 24.7 Å². The topological polar surface area (TPSA) is 59.6 Å². The number of nitrogens with one attached hydrogen (secondary N) is 2. The SMILES string of the molecule is C=C(C)COc1ccccc1NC(=O)CNc1cccc(OCCC)c1. The molecule has 5 nitrogen and oxygen atoms in total. The fraction of sp³-hybridized carbons (Fsp3) is 0.286. The third kappa shape index (κ3) is 6.51. The Hall–Kier alpha value is -2.95. The van der Waals surface area contributed by atoms with Crippen molar-refractivity contribution in [3.05, 3.63) is 60.7 Å². The summed E-state index contributed by atoms with van der Waals surface area (Å²) >= 11 is 0. The third-order valence-electron chi connectivity index (χ3n) is 3.40. The van der Waals surface area contributed by atoms with Gasteiger partial charge >= 0.3 is 0 Å². The highest BCUT2D eigenvalue weighted by Crippen LogP contribution is 2.24. The minimum absolute atomic E-state index is 0.145. The molecule has 0 spiro atoms. The smallest absolute Gasteiger partial charge is 0.243 e. The predicted octanol–water partition coefficient (Wildman–Crippen LogP) is 4.48. The van der Waals surface area contributed by atoms with E-state index in [0.717, 1.165) is 23.4 Å². The van der Waals surface area contributed by atoms with Gasteiger partial charge in [0.15, 0.2) is 0 Å². The van der Waals surface area contributed by atoms with Crippen molar-refractivity contribution in [2.24, 2.45) is 0 Å². The number of rotatable bonds is 10. The average Bonchev–Trinajstić information content (AvgIpc) is 2.64. The van der Waals surface area contributed by atoms with Crippen LogP contribution in [0.4, 0.5) is 11.4 Å². The van der Waals surface area contributed by atoms with Gasteiger partial charge in [-0.05, 0) is 43.2 Å². The first kappa shape index (κ1) is 19.4. The van der Waals surface area contributed by atoms with Crippen LogP contribution in [0, 0.1) is 0 Å². The van der Waals surface area contributed by atoms with Gasteiger partial charge in [0.05, 0.1) is 18.8 Å². The second kappa shape index (κ2) is 10.1. The van der Waals surface area contributed by atoms with Gasteiger partial charge < -0.3 is 20.1 Å². The number of hydrogen-bond acceptors (Lipinski definition) is 4. The van der Waals surface area contributed by atoms with Crippen LogP contribution in [0.3, 0.4) is 0 Å². The van der Waals surface area contributed by atoms with E-state index < -0.39 is 0 Å². The van der Waals surface area contributed by atoms with Crippen LogP contribution < -0.4 is 20.1 Å². The molecule has 26 heavy (non-hydrogen) atoms. The van der Waals surface area contributed by atoms with Crippen LogP contribution in [0.2, 0.25) is 0 Å². The van der Waals surface area contributed by atoms with Gasteiger partial charge in [0, 0.05) is 11.8 Å². The molecule has 138 valence electrons. The standard InChI is InChI=1S/C21H26N2O3/c1-4-12-25-18-9-7-8-17(13-18)22-14-21(24)23-19-10-5-6-11-20(19)26-15-16(2)3/h5-11,13,22H,2,4,12,14-15H2,1,3H3,(H,23,24). The van der Waals surface area contributed by atoms with Crippen LogP contribution in [0.25, 0.3) is 0 Å². The molecule has 0 unspecified atom stereocenters. The highest BCUT2D eigenvalue weighted by Gasteiger charge is 2.08. The lowest BCUT2D eigenvalue weighted by molar-refractivity contribution is -0.114. The number of benzene rings is 2. The molecule has 2 aromatic rings. The van der Waals surface area contributed by atoms with Crippen molar-refractivity contribution in [1.82, 2.24) is 0 Å². The first-order valence-electron chi connectivity index (χ1n) is 8.71. The molecule has 0 aromatic heterocycles. The number of ether oxygens (including phenoxy) is 2. The van der Waals surface area contributed by atoms with Gasteiger partial charge in [0.2, 0.25) is 5.91 Å². The minimum Gasteiger partial charge on any atom is -0.494 e. The van der Waals surface area contributed by atoms with E-state index in [1.54, 1.807) is 0 Å². The van der Waals surface area contributed by atoms with E-state index in [9.17, 15) is 4.79 Å². The maximum Gasteiger partial charge on any atom is 0.243 e. The van der Waals surface area contributed by atoms with Crippen molar-refractivity contribution in [3.63, 3.8) is 0 Å². The molecule has 5 heteroatoms. The third-order valence-corrected chi connectivity index (χ3v) is 3.40. The van der Waals surface area contributed by atoms with E-state index >= 15 is 0 Å². The van der Waals surface area contributed by atoms with E-state index in [-0.39, 0.29) is 12.5 Å². The number of carbonyl (C=O) groups is 1. The molecule has 0 aliphatic carbocycles. The molecule has 0 aliphatic heterocycles.